The highest BCUT2D eigenvalue weighted by atomic mass is 32.1. The molecule has 0 aliphatic carbocycles. The normalized spacial score (nSPS) is 12.0. The maximum absolute atomic E-state index is 13.0. The number of para-hydroxylation sites is 1. The molecule has 0 aliphatic heterocycles. The maximum atomic E-state index is 13.0. The van der Waals surface area contributed by atoms with Gasteiger partial charge in [0, 0.05) is 6.07 Å². The molecule has 136 valence electrons. The van der Waals surface area contributed by atoms with Crippen molar-refractivity contribution in [3.05, 3.63) is 63.1 Å². The molecule has 1 aromatic heterocycles. The zero-order chi connectivity index (χ0) is 19.6. The van der Waals surface area contributed by atoms with Gasteiger partial charge in [0.25, 0.3) is 5.69 Å². The Kier molecular flexibility index (Phi) is 4.74. The van der Waals surface area contributed by atoms with E-state index in [9.17, 15) is 28.5 Å². The molecule has 0 unspecified atom stereocenters. The second-order valence-electron chi connectivity index (χ2n) is 5.16. The predicted octanol–water partition coefficient (Wildman–Crippen LogP) is 4.56. The van der Waals surface area contributed by atoms with Crippen molar-refractivity contribution < 1.29 is 18.1 Å². The predicted molar refractivity (Wildman–Crippen MR) is 93.5 cm³/mol. The van der Waals surface area contributed by atoms with Crippen LogP contribution in [0.5, 0.6) is 0 Å². The van der Waals surface area contributed by atoms with E-state index in [0.717, 1.165) is 16.8 Å². The number of nitro benzene ring substituents is 1. The van der Waals surface area contributed by atoms with Crippen LogP contribution < -0.4 is 5.43 Å². The van der Waals surface area contributed by atoms with Crippen LogP contribution in [-0.4, -0.2) is 15.6 Å². The van der Waals surface area contributed by atoms with E-state index in [4.69, 9.17) is 0 Å². The first-order chi connectivity index (χ1) is 12.8. The minimum atomic E-state index is -4.91. The second kappa shape index (κ2) is 7.00. The standard InChI is InChI=1S/C16H8F3N5O2S/c17-16(18,19)10-7-9(5-6-13(10)24(25)26)22-23-12(8-20)15-21-11-3-1-2-4-14(11)27-15/h1-7,22H/b23-12-. The molecule has 3 rings (SSSR count). The van der Waals surface area contributed by atoms with Gasteiger partial charge in [-0.2, -0.15) is 23.5 Å². The summed E-state index contributed by atoms with van der Waals surface area (Å²) in [5.41, 5.74) is 0.239. The zero-order valence-corrected chi connectivity index (χ0v) is 14.0. The quantitative estimate of drug-likeness (QED) is 0.399. The van der Waals surface area contributed by atoms with Gasteiger partial charge in [-0.3, -0.25) is 15.5 Å². The summed E-state index contributed by atoms with van der Waals surface area (Å²) < 4.78 is 39.8. The zero-order valence-electron chi connectivity index (χ0n) is 13.2. The van der Waals surface area contributed by atoms with Gasteiger partial charge < -0.3 is 0 Å². The summed E-state index contributed by atoms with van der Waals surface area (Å²) in [6.45, 7) is 0. The Hall–Kier alpha value is -3.52. The largest absolute Gasteiger partial charge is 0.423 e. The number of nitrogens with one attached hydrogen (secondary N) is 1. The van der Waals surface area contributed by atoms with Crippen LogP contribution in [0.4, 0.5) is 24.5 Å². The van der Waals surface area contributed by atoms with Gasteiger partial charge in [-0.15, -0.1) is 11.3 Å². The third-order valence-corrected chi connectivity index (χ3v) is 4.44. The van der Waals surface area contributed by atoms with E-state index in [0.29, 0.717) is 16.6 Å². The molecule has 0 bridgehead atoms. The van der Waals surface area contributed by atoms with E-state index in [1.54, 1.807) is 18.2 Å². The Labute approximate surface area is 153 Å². The van der Waals surface area contributed by atoms with Gasteiger partial charge in [0.15, 0.2) is 10.7 Å². The summed E-state index contributed by atoms with van der Waals surface area (Å²) in [6.07, 6.45) is -4.91. The minimum absolute atomic E-state index is 0.122. The van der Waals surface area contributed by atoms with Crippen molar-refractivity contribution in [2.45, 2.75) is 6.18 Å². The van der Waals surface area contributed by atoms with E-state index in [2.05, 4.69) is 15.5 Å². The van der Waals surface area contributed by atoms with Crippen molar-refractivity contribution in [3.63, 3.8) is 0 Å². The third kappa shape index (κ3) is 3.85. The lowest BCUT2D eigenvalue weighted by Crippen LogP contribution is -2.10. The van der Waals surface area contributed by atoms with Gasteiger partial charge in [-0.25, -0.2) is 4.98 Å². The number of fused-ring (bicyclic) bond motifs is 1. The van der Waals surface area contributed by atoms with Crippen LogP contribution in [0.25, 0.3) is 10.2 Å². The molecule has 0 saturated carbocycles. The number of thiazole rings is 1. The summed E-state index contributed by atoms with van der Waals surface area (Å²) in [4.78, 5) is 13.9. The van der Waals surface area contributed by atoms with Gasteiger partial charge >= 0.3 is 6.18 Å². The average Bonchev–Trinajstić information content (AvgIpc) is 3.05. The summed E-state index contributed by atoms with van der Waals surface area (Å²) in [5, 5.41) is 24.1. The molecular formula is C16H8F3N5O2S. The molecule has 0 spiro atoms. The molecule has 0 fully saturated rings. The molecule has 0 radical (unpaired) electrons. The molecular weight excluding hydrogens is 383 g/mol. The van der Waals surface area contributed by atoms with E-state index < -0.39 is 22.4 Å². The number of halogens is 3. The molecule has 0 atom stereocenters. The first kappa shape index (κ1) is 18.3. The molecule has 0 aliphatic rings. The molecule has 11 heteroatoms. The van der Waals surface area contributed by atoms with Crippen LogP contribution in [0, 0.1) is 21.4 Å². The molecule has 0 amide bonds. The van der Waals surface area contributed by atoms with Crippen LogP contribution in [0.1, 0.15) is 10.6 Å². The number of hydrogen-bond acceptors (Lipinski definition) is 7. The molecule has 1 heterocycles. The number of alkyl halides is 3. The monoisotopic (exact) mass is 391 g/mol. The van der Waals surface area contributed by atoms with Gasteiger partial charge in [0.2, 0.25) is 0 Å². The fourth-order valence-corrected chi connectivity index (χ4v) is 3.11. The van der Waals surface area contributed by atoms with Crippen molar-refractivity contribution in [2.24, 2.45) is 5.10 Å². The van der Waals surface area contributed by atoms with Gasteiger partial charge in [0.1, 0.15) is 11.6 Å². The van der Waals surface area contributed by atoms with Crippen LogP contribution in [-0.2, 0) is 6.18 Å². The Bertz CT molecular complexity index is 1070. The molecule has 2 aromatic carbocycles. The first-order valence-corrected chi connectivity index (χ1v) is 8.06. The average molecular weight is 391 g/mol. The SMILES string of the molecule is N#C/C(=N/Nc1ccc([N+](=O)[O-])c(C(F)(F)F)c1)c1nc2ccccc2s1. The summed E-state index contributed by atoms with van der Waals surface area (Å²) in [6, 6.07) is 11.3. The lowest BCUT2D eigenvalue weighted by atomic mass is 10.1. The van der Waals surface area contributed by atoms with Crippen molar-refractivity contribution in [2.75, 3.05) is 5.43 Å². The highest BCUT2D eigenvalue weighted by Crippen LogP contribution is 2.37. The van der Waals surface area contributed by atoms with Crippen molar-refractivity contribution in [1.29, 1.82) is 5.26 Å². The second-order valence-corrected chi connectivity index (χ2v) is 6.19. The fourth-order valence-electron chi connectivity index (χ4n) is 2.21. The summed E-state index contributed by atoms with van der Waals surface area (Å²) in [5.74, 6) is 0. The molecule has 0 saturated heterocycles. The van der Waals surface area contributed by atoms with Crippen LogP contribution in [0.15, 0.2) is 47.6 Å². The minimum Gasteiger partial charge on any atom is -0.277 e. The van der Waals surface area contributed by atoms with Crippen LogP contribution >= 0.6 is 11.3 Å². The maximum Gasteiger partial charge on any atom is 0.423 e. The van der Waals surface area contributed by atoms with E-state index in [1.807, 2.05) is 12.1 Å². The molecule has 3 aromatic rings. The third-order valence-electron chi connectivity index (χ3n) is 3.40. The van der Waals surface area contributed by atoms with Crippen molar-refractivity contribution in [3.8, 4) is 6.07 Å². The van der Waals surface area contributed by atoms with E-state index in [1.165, 1.54) is 11.3 Å². The van der Waals surface area contributed by atoms with Gasteiger partial charge in [0.05, 0.1) is 20.8 Å². The topological polar surface area (TPSA) is 104 Å². The smallest absolute Gasteiger partial charge is 0.277 e. The number of anilines is 1. The van der Waals surface area contributed by atoms with E-state index >= 15 is 0 Å². The fraction of sp³-hybridized carbons (Fsp3) is 0.0625. The van der Waals surface area contributed by atoms with Crippen molar-refractivity contribution in [1.82, 2.24) is 4.98 Å². The lowest BCUT2D eigenvalue weighted by molar-refractivity contribution is -0.388. The lowest BCUT2D eigenvalue weighted by Gasteiger charge is -2.09. The summed E-state index contributed by atoms with van der Waals surface area (Å²) >= 11 is 1.21. The number of aromatic nitrogens is 1. The molecule has 1 N–H and O–H groups in total. The Morgan fingerprint density at radius 3 is 2.67 bits per heavy atom. The first-order valence-electron chi connectivity index (χ1n) is 7.25. The van der Waals surface area contributed by atoms with Gasteiger partial charge in [-0.05, 0) is 24.3 Å². The number of hydrazone groups is 1. The molecule has 27 heavy (non-hydrogen) atoms. The number of nitro groups is 1. The Morgan fingerprint density at radius 2 is 2.04 bits per heavy atom. The molecule has 7 nitrogen and oxygen atoms in total. The Morgan fingerprint density at radius 1 is 1.30 bits per heavy atom. The number of rotatable bonds is 4. The van der Waals surface area contributed by atoms with Gasteiger partial charge in [-0.1, -0.05) is 12.1 Å². The number of hydrogen-bond donors (Lipinski definition) is 1. The number of nitrogens with zero attached hydrogens (tertiary/aromatic N) is 4. The highest BCUT2D eigenvalue weighted by molar-refractivity contribution is 7.20. The highest BCUT2D eigenvalue weighted by Gasteiger charge is 2.38. The Balaban J connectivity index is 1.94. The van der Waals surface area contributed by atoms with Crippen LogP contribution in [0.2, 0.25) is 0 Å². The van der Waals surface area contributed by atoms with Crippen molar-refractivity contribution >= 4 is 38.6 Å². The summed E-state index contributed by atoms with van der Waals surface area (Å²) in [7, 11) is 0. The van der Waals surface area contributed by atoms with Crippen LogP contribution in [0.3, 0.4) is 0 Å². The van der Waals surface area contributed by atoms with E-state index in [-0.39, 0.29) is 11.4 Å². The number of nitriles is 1. The number of benzene rings is 2.